The Hall–Kier alpha value is -8.55. The van der Waals surface area contributed by atoms with E-state index in [4.69, 9.17) is 23.8 Å². The lowest BCUT2D eigenvalue weighted by Gasteiger charge is -2.16. The highest BCUT2D eigenvalue weighted by atomic mass is 16.3. The quantitative estimate of drug-likeness (QED) is 0.177. The molecule has 0 fully saturated rings. The summed E-state index contributed by atoms with van der Waals surface area (Å²) in [6.07, 6.45) is 0. The van der Waals surface area contributed by atoms with Crippen LogP contribution in [0.2, 0.25) is 0 Å². The molecule has 0 N–H and O–H groups in total. The van der Waals surface area contributed by atoms with Crippen LogP contribution in [-0.2, 0) is 0 Å². The molecule has 9 aromatic carbocycles. The first-order chi connectivity index (χ1) is 30.7. The number of para-hydroxylation sites is 5. The molecule has 5 heterocycles. The van der Waals surface area contributed by atoms with E-state index in [1.54, 1.807) is 0 Å². The molecular formula is C55H31N5O2. The monoisotopic (exact) mass is 793 g/mol. The third kappa shape index (κ3) is 4.67. The van der Waals surface area contributed by atoms with Gasteiger partial charge in [0.05, 0.1) is 33.3 Å². The molecule has 0 saturated carbocycles. The first kappa shape index (κ1) is 33.3. The molecular weight excluding hydrogens is 763 g/mol. The van der Waals surface area contributed by atoms with E-state index in [0.717, 1.165) is 104 Å². The van der Waals surface area contributed by atoms with E-state index in [-0.39, 0.29) is 0 Å². The number of furan rings is 2. The van der Waals surface area contributed by atoms with E-state index in [9.17, 15) is 0 Å². The molecule has 0 aliphatic carbocycles. The molecule has 0 aliphatic rings. The Morgan fingerprint density at radius 1 is 0.339 bits per heavy atom. The fraction of sp³-hybridized carbons (Fsp3) is 0. The second-order valence-corrected chi connectivity index (χ2v) is 16.0. The van der Waals surface area contributed by atoms with Crippen LogP contribution in [0.25, 0.3) is 133 Å². The van der Waals surface area contributed by atoms with Gasteiger partial charge in [0.15, 0.2) is 11.6 Å². The first-order valence-electron chi connectivity index (χ1n) is 20.8. The van der Waals surface area contributed by atoms with Crippen LogP contribution < -0.4 is 0 Å². The maximum Gasteiger partial charge on any atom is 0.238 e. The number of hydrogen-bond acceptors (Lipinski definition) is 5. The van der Waals surface area contributed by atoms with Crippen molar-refractivity contribution in [3.05, 3.63) is 188 Å². The average molecular weight is 794 g/mol. The van der Waals surface area contributed by atoms with Gasteiger partial charge in [0.2, 0.25) is 5.95 Å². The number of hydrogen-bond donors (Lipinski definition) is 0. The van der Waals surface area contributed by atoms with Crippen LogP contribution in [0.4, 0.5) is 0 Å². The van der Waals surface area contributed by atoms with Crippen molar-refractivity contribution in [3.63, 3.8) is 0 Å². The molecule has 0 bridgehead atoms. The Morgan fingerprint density at radius 3 is 1.60 bits per heavy atom. The molecule has 14 aromatic rings. The minimum Gasteiger partial charge on any atom is -0.456 e. The van der Waals surface area contributed by atoms with Gasteiger partial charge in [-0.05, 0) is 77.5 Å². The largest absolute Gasteiger partial charge is 0.456 e. The van der Waals surface area contributed by atoms with Gasteiger partial charge in [-0.2, -0.15) is 9.97 Å². The topological polar surface area (TPSA) is 74.8 Å². The van der Waals surface area contributed by atoms with Crippen molar-refractivity contribution in [3.8, 4) is 34.4 Å². The summed E-state index contributed by atoms with van der Waals surface area (Å²) in [5, 5.41) is 11.0. The van der Waals surface area contributed by atoms with Crippen molar-refractivity contribution in [1.82, 2.24) is 24.1 Å². The van der Waals surface area contributed by atoms with Crippen molar-refractivity contribution >= 4 is 98.3 Å². The smallest absolute Gasteiger partial charge is 0.238 e. The standard InChI is InChI=1S/C55H31N5O2/c1-2-14-33-30-47-42(29-32(33)13-1)37-17-5-8-20-43(37)59(47)46-28-27-41-39-19-7-12-24-49(39)62-52(41)51(46)54-56-53(34-25-26-40-38-18-6-11-23-48(38)61-50(40)31-34)57-55(58-54)60-44-21-9-3-15-35(44)36-16-4-10-22-45(36)60/h1-31H. The molecule has 288 valence electrons. The number of nitrogens with zero attached hydrogens (tertiary/aromatic N) is 5. The maximum absolute atomic E-state index is 6.94. The SMILES string of the molecule is c1ccc2cc3c(cc2c1)c1ccccc1n3-c1ccc2c(oc3ccccc32)c1-c1nc(-c2ccc3c(c2)oc2ccccc23)nc(-n2c3ccccc3c3ccccc32)n1. The normalized spacial score (nSPS) is 12.2. The van der Waals surface area contributed by atoms with Crippen LogP contribution in [0.5, 0.6) is 0 Å². The van der Waals surface area contributed by atoms with Crippen molar-refractivity contribution in [2.24, 2.45) is 0 Å². The molecule has 0 spiro atoms. The molecule has 0 amide bonds. The second kappa shape index (κ2) is 12.5. The van der Waals surface area contributed by atoms with Crippen LogP contribution in [0, 0.1) is 0 Å². The van der Waals surface area contributed by atoms with Gasteiger partial charge in [-0.1, -0.05) is 121 Å². The zero-order chi connectivity index (χ0) is 40.5. The minimum absolute atomic E-state index is 0.489. The highest BCUT2D eigenvalue weighted by Crippen LogP contribution is 2.44. The van der Waals surface area contributed by atoms with Crippen LogP contribution >= 0.6 is 0 Å². The molecule has 7 heteroatoms. The zero-order valence-corrected chi connectivity index (χ0v) is 33.0. The van der Waals surface area contributed by atoms with E-state index in [1.165, 1.54) is 5.39 Å². The summed E-state index contributed by atoms with van der Waals surface area (Å²) in [5.41, 5.74) is 9.72. The lowest BCUT2D eigenvalue weighted by atomic mass is 10.0. The molecule has 14 rings (SSSR count). The number of rotatable bonds is 4. The van der Waals surface area contributed by atoms with E-state index in [1.807, 2.05) is 36.4 Å². The molecule has 5 aromatic heterocycles. The Balaban J connectivity index is 1.13. The molecule has 0 aliphatic heterocycles. The van der Waals surface area contributed by atoms with Crippen LogP contribution in [0.15, 0.2) is 197 Å². The van der Waals surface area contributed by atoms with E-state index in [2.05, 4.69) is 161 Å². The Morgan fingerprint density at radius 2 is 0.871 bits per heavy atom. The Kier molecular flexibility index (Phi) is 6.71. The second-order valence-electron chi connectivity index (χ2n) is 16.0. The lowest BCUT2D eigenvalue weighted by molar-refractivity contribution is 0.668. The van der Waals surface area contributed by atoms with Gasteiger partial charge >= 0.3 is 0 Å². The summed E-state index contributed by atoms with van der Waals surface area (Å²) in [5.74, 6) is 1.50. The molecule has 0 unspecified atom stereocenters. The third-order valence-electron chi connectivity index (χ3n) is 12.6. The summed E-state index contributed by atoms with van der Waals surface area (Å²) < 4.78 is 17.9. The van der Waals surface area contributed by atoms with E-state index >= 15 is 0 Å². The fourth-order valence-corrected chi connectivity index (χ4v) is 9.80. The summed E-state index contributed by atoms with van der Waals surface area (Å²) in [7, 11) is 0. The maximum atomic E-state index is 6.94. The van der Waals surface area contributed by atoms with E-state index in [0.29, 0.717) is 23.2 Å². The van der Waals surface area contributed by atoms with Crippen molar-refractivity contribution in [2.45, 2.75) is 0 Å². The van der Waals surface area contributed by atoms with Crippen LogP contribution in [0.3, 0.4) is 0 Å². The van der Waals surface area contributed by atoms with Crippen LogP contribution in [0.1, 0.15) is 0 Å². The molecule has 0 radical (unpaired) electrons. The number of aromatic nitrogens is 5. The zero-order valence-electron chi connectivity index (χ0n) is 33.0. The van der Waals surface area contributed by atoms with Gasteiger partial charge in [0.1, 0.15) is 22.3 Å². The van der Waals surface area contributed by atoms with E-state index < -0.39 is 0 Å². The highest BCUT2D eigenvalue weighted by Gasteiger charge is 2.26. The van der Waals surface area contributed by atoms with Crippen molar-refractivity contribution in [1.29, 1.82) is 0 Å². The fourth-order valence-electron chi connectivity index (χ4n) is 9.80. The summed E-state index contributed by atoms with van der Waals surface area (Å²) in [6, 6.07) is 65.6. The molecule has 62 heavy (non-hydrogen) atoms. The average Bonchev–Trinajstić information content (AvgIpc) is 4.08. The van der Waals surface area contributed by atoms with Crippen LogP contribution in [-0.4, -0.2) is 24.1 Å². The van der Waals surface area contributed by atoms with Gasteiger partial charge in [0, 0.05) is 48.7 Å². The lowest BCUT2D eigenvalue weighted by Crippen LogP contribution is -2.08. The molecule has 0 atom stereocenters. The predicted octanol–water partition coefficient (Wildman–Crippen LogP) is 14.4. The minimum atomic E-state index is 0.489. The summed E-state index contributed by atoms with van der Waals surface area (Å²) in [4.78, 5) is 16.3. The predicted molar refractivity (Wildman–Crippen MR) is 251 cm³/mol. The Labute approximate surface area is 352 Å². The van der Waals surface area contributed by atoms with Gasteiger partial charge in [0.25, 0.3) is 0 Å². The summed E-state index contributed by atoms with van der Waals surface area (Å²) in [6.45, 7) is 0. The van der Waals surface area contributed by atoms with Gasteiger partial charge in [-0.15, -0.1) is 0 Å². The highest BCUT2D eigenvalue weighted by molar-refractivity contribution is 6.16. The Bertz CT molecular complexity index is 4130. The number of benzene rings is 9. The van der Waals surface area contributed by atoms with Crippen molar-refractivity contribution < 1.29 is 8.83 Å². The van der Waals surface area contributed by atoms with Gasteiger partial charge in [-0.3, -0.25) is 4.57 Å². The van der Waals surface area contributed by atoms with Gasteiger partial charge < -0.3 is 13.4 Å². The van der Waals surface area contributed by atoms with Crippen molar-refractivity contribution in [2.75, 3.05) is 0 Å². The molecule has 0 saturated heterocycles. The third-order valence-corrected chi connectivity index (χ3v) is 12.6. The molecule has 7 nitrogen and oxygen atoms in total. The van der Waals surface area contributed by atoms with Gasteiger partial charge in [-0.25, -0.2) is 4.98 Å². The first-order valence-corrected chi connectivity index (χ1v) is 20.8. The number of fused-ring (bicyclic) bond motifs is 13. The summed E-state index contributed by atoms with van der Waals surface area (Å²) >= 11 is 0.